The summed E-state index contributed by atoms with van der Waals surface area (Å²) in [6.45, 7) is 8.15. The van der Waals surface area contributed by atoms with Crippen molar-refractivity contribution in [2.24, 2.45) is 10.9 Å². The topological polar surface area (TPSA) is 42.9 Å². The molecule has 2 heterocycles. The highest BCUT2D eigenvalue weighted by Crippen LogP contribution is 2.31. The number of hydrogen-bond acceptors (Lipinski definition) is 3. The summed E-state index contributed by atoms with van der Waals surface area (Å²) in [5.74, 6) is 1.66. The molecule has 3 fully saturated rings. The van der Waals surface area contributed by atoms with Gasteiger partial charge in [0.25, 0.3) is 0 Å². The normalized spacial score (nSPS) is 24.1. The van der Waals surface area contributed by atoms with Gasteiger partial charge in [0.2, 0.25) is 0 Å². The van der Waals surface area contributed by atoms with Gasteiger partial charge in [0.1, 0.15) is 0 Å². The highest BCUT2D eigenvalue weighted by Gasteiger charge is 2.34. The molecule has 28 heavy (non-hydrogen) atoms. The van der Waals surface area contributed by atoms with Gasteiger partial charge in [0.15, 0.2) is 5.96 Å². The van der Waals surface area contributed by atoms with E-state index in [2.05, 4.69) is 56.6 Å². The second kappa shape index (κ2) is 10.1. The molecule has 2 unspecified atom stereocenters. The van der Waals surface area contributed by atoms with E-state index in [1.807, 2.05) is 7.05 Å². The molecule has 0 aromatic heterocycles. The first kappa shape index (κ1) is 21.7. The smallest absolute Gasteiger partial charge is 0.191 e. The maximum absolute atomic E-state index is 4.45. The average Bonchev–Trinajstić information content (AvgIpc) is 3.20. The lowest BCUT2D eigenvalue weighted by Gasteiger charge is -2.22. The largest absolute Gasteiger partial charge is 0.372 e. The van der Waals surface area contributed by atoms with Crippen molar-refractivity contribution in [3.05, 3.63) is 29.8 Å². The number of aliphatic imine (C=N–C) groups is 1. The van der Waals surface area contributed by atoms with E-state index >= 15 is 0 Å². The van der Waals surface area contributed by atoms with E-state index in [1.165, 1.54) is 69.5 Å². The number of likely N-dealkylation sites (tertiary alicyclic amines) is 1. The quantitative estimate of drug-likeness (QED) is 0.358. The van der Waals surface area contributed by atoms with Gasteiger partial charge in [-0.2, -0.15) is 0 Å². The summed E-state index contributed by atoms with van der Waals surface area (Å²) in [5.41, 5.74) is 2.68. The minimum Gasteiger partial charge on any atom is -0.372 e. The number of benzene rings is 1. The maximum Gasteiger partial charge on any atom is 0.191 e. The van der Waals surface area contributed by atoms with Crippen LogP contribution in [0.1, 0.15) is 50.6 Å². The maximum atomic E-state index is 4.45. The molecule has 5 nitrogen and oxygen atoms in total. The Morgan fingerprint density at radius 1 is 1.18 bits per heavy atom. The second-order valence-electron chi connectivity index (χ2n) is 8.49. The fourth-order valence-corrected chi connectivity index (χ4v) is 4.49. The minimum atomic E-state index is 0. The van der Waals surface area contributed by atoms with Crippen LogP contribution in [0.3, 0.4) is 0 Å². The van der Waals surface area contributed by atoms with Crippen LogP contribution >= 0.6 is 24.0 Å². The van der Waals surface area contributed by atoms with Crippen LogP contribution in [0.5, 0.6) is 0 Å². The zero-order chi connectivity index (χ0) is 18.6. The Hall–Kier alpha value is -1.02. The molecular weight excluding hydrogens is 461 g/mol. The minimum absolute atomic E-state index is 0. The highest BCUT2D eigenvalue weighted by atomic mass is 127. The number of rotatable bonds is 6. The predicted octanol–water partition coefficient (Wildman–Crippen LogP) is 3.62. The third-order valence-corrected chi connectivity index (χ3v) is 6.36. The molecule has 1 aromatic rings. The van der Waals surface area contributed by atoms with Crippen molar-refractivity contribution in [2.45, 2.75) is 51.1 Å². The van der Waals surface area contributed by atoms with Gasteiger partial charge in [0, 0.05) is 45.0 Å². The lowest BCUT2D eigenvalue weighted by Crippen LogP contribution is -2.41. The number of halogens is 1. The molecule has 1 aliphatic carbocycles. The van der Waals surface area contributed by atoms with Gasteiger partial charge >= 0.3 is 0 Å². The third kappa shape index (κ3) is 5.53. The Labute approximate surface area is 187 Å². The number of nitrogens with zero attached hydrogens (tertiary/aromatic N) is 3. The van der Waals surface area contributed by atoms with Crippen LogP contribution in [-0.2, 0) is 0 Å². The first-order valence-corrected chi connectivity index (χ1v) is 10.8. The van der Waals surface area contributed by atoms with E-state index < -0.39 is 0 Å². The number of anilines is 1. The Morgan fingerprint density at radius 2 is 1.96 bits per heavy atom. The summed E-state index contributed by atoms with van der Waals surface area (Å²) in [6, 6.07) is 10.1. The zero-order valence-electron chi connectivity index (χ0n) is 17.4. The molecule has 0 bridgehead atoms. The van der Waals surface area contributed by atoms with Crippen LogP contribution in [-0.4, -0.2) is 56.7 Å². The van der Waals surface area contributed by atoms with Crippen molar-refractivity contribution in [1.29, 1.82) is 0 Å². The molecular formula is C22H36IN5. The van der Waals surface area contributed by atoms with Crippen molar-refractivity contribution >= 4 is 35.6 Å². The molecule has 0 radical (unpaired) electrons. The molecule has 156 valence electrons. The number of nitrogens with one attached hydrogen (secondary N) is 2. The Balaban J connectivity index is 0.00000225. The Kier molecular flexibility index (Phi) is 7.85. The fraction of sp³-hybridized carbons (Fsp3) is 0.682. The second-order valence-corrected chi connectivity index (χ2v) is 8.49. The molecule has 0 spiro atoms. The van der Waals surface area contributed by atoms with Crippen LogP contribution in [0.15, 0.2) is 29.3 Å². The fourth-order valence-electron chi connectivity index (χ4n) is 4.49. The van der Waals surface area contributed by atoms with E-state index in [0.29, 0.717) is 0 Å². The van der Waals surface area contributed by atoms with Gasteiger partial charge in [-0.15, -0.1) is 24.0 Å². The first-order chi connectivity index (χ1) is 13.2. The molecule has 1 aromatic carbocycles. The van der Waals surface area contributed by atoms with E-state index in [4.69, 9.17) is 0 Å². The Bertz CT molecular complexity index is 654. The van der Waals surface area contributed by atoms with E-state index in [-0.39, 0.29) is 30.0 Å². The molecule has 2 aliphatic heterocycles. The SMILES string of the molecule is CN=C(NCC1CCN(C2CC2)C1)NC(C)c1cccc(N2CCCC2)c1.I. The Morgan fingerprint density at radius 3 is 2.68 bits per heavy atom. The van der Waals surface area contributed by atoms with Crippen molar-refractivity contribution in [3.8, 4) is 0 Å². The average molecular weight is 497 g/mol. The molecule has 3 aliphatic rings. The highest BCUT2D eigenvalue weighted by molar-refractivity contribution is 14.0. The zero-order valence-corrected chi connectivity index (χ0v) is 19.7. The van der Waals surface area contributed by atoms with Gasteiger partial charge in [-0.1, -0.05) is 12.1 Å². The molecule has 1 saturated carbocycles. The van der Waals surface area contributed by atoms with Crippen molar-refractivity contribution < 1.29 is 0 Å². The lowest BCUT2D eigenvalue weighted by molar-refractivity contribution is 0.314. The van der Waals surface area contributed by atoms with Gasteiger partial charge in [0.05, 0.1) is 6.04 Å². The molecule has 2 atom stereocenters. The molecule has 0 amide bonds. The van der Waals surface area contributed by atoms with Crippen LogP contribution in [0.25, 0.3) is 0 Å². The third-order valence-electron chi connectivity index (χ3n) is 6.36. The van der Waals surface area contributed by atoms with Crippen molar-refractivity contribution in [2.75, 3.05) is 44.7 Å². The molecule has 4 rings (SSSR count). The van der Waals surface area contributed by atoms with Gasteiger partial charge in [-0.05, 0) is 69.2 Å². The predicted molar refractivity (Wildman–Crippen MR) is 129 cm³/mol. The molecule has 6 heteroatoms. The molecule has 2 N–H and O–H groups in total. The standard InChI is InChI=1S/C22H35N5.HI/c1-17(19-6-5-7-21(14-19)26-11-3-4-12-26)25-22(23-2)24-15-18-10-13-27(16-18)20-8-9-20;/h5-7,14,17-18,20H,3-4,8-13,15-16H2,1-2H3,(H2,23,24,25);1H. The monoisotopic (exact) mass is 497 g/mol. The summed E-state index contributed by atoms with van der Waals surface area (Å²) >= 11 is 0. The van der Waals surface area contributed by atoms with Crippen LogP contribution < -0.4 is 15.5 Å². The number of hydrogen-bond donors (Lipinski definition) is 2. The van der Waals surface area contributed by atoms with E-state index in [1.54, 1.807) is 0 Å². The lowest BCUT2D eigenvalue weighted by atomic mass is 10.1. The van der Waals surface area contributed by atoms with Gasteiger partial charge in [-0.25, -0.2) is 0 Å². The summed E-state index contributed by atoms with van der Waals surface area (Å²) in [6.07, 6.45) is 6.77. The summed E-state index contributed by atoms with van der Waals surface area (Å²) in [5, 5.41) is 7.14. The summed E-state index contributed by atoms with van der Waals surface area (Å²) in [7, 11) is 1.87. The van der Waals surface area contributed by atoms with Crippen molar-refractivity contribution in [1.82, 2.24) is 15.5 Å². The van der Waals surface area contributed by atoms with Gasteiger partial charge < -0.3 is 20.4 Å². The first-order valence-electron chi connectivity index (χ1n) is 10.8. The van der Waals surface area contributed by atoms with E-state index in [9.17, 15) is 0 Å². The van der Waals surface area contributed by atoms with Crippen LogP contribution in [0.4, 0.5) is 5.69 Å². The van der Waals surface area contributed by atoms with Crippen molar-refractivity contribution in [3.63, 3.8) is 0 Å². The van der Waals surface area contributed by atoms with Gasteiger partial charge in [-0.3, -0.25) is 4.99 Å². The van der Waals surface area contributed by atoms with Crippen LogP contribution in [0, 0.1) is 5.92 Å². The van der Waals surface area contributed by atoms with Crippen LogP contribution in [0.2, 0.25) is 0 Å². The number of guanidine groups is 1. The van der Waals surface area contributed by atoms with E-state index in [0.717, 1.165) is 24.5 Å². The summed E-state index contributed by atoms with van der Waals surface area (Å²) < 4.78 is 0. The summed E-state index contributed by atoms with van der Waals surface area (Å²) in [4.78, 5) is 9.62. The molecule has 2 saturated heterocycles.